The largest absolute Gasteiger partial charge is 0.496 e. The average Bonchev–Trinajstić information content (AvgIpc) is 2.54. The van der Waals surface area contributed by atoms with Crippen molar-refractivity contribution in [3.05, 3.63) is 29.8 Å². The minimum atomic E-state index is -0.114. The van der Waals surface area contributed by atoms with Crippen LogP contribution in [0, 0.1) is 0 Å². The molecule has 0 heterocycles. The predicted molar refractivity (Wildman–Crippen MR) is 91.2 cm³/mol. The molecule has 0 aromatic heterocycles. The molecule has 0 bridgehead atoms. The third-order valence-corrected chi connectivity index (χ3v) is 3.66. The van der Waals surface area contributed by atoms with Crippen molar-refractivity contribution in [3.8, 4) is 5.75 Å². The summed E-state index contributed by atoms with van der Waals surface area (Å²) in [6.45, 7) is 7.53. The van der Waals surface area contributed by atoms with Gasteiger partial charge in [-0.3, -0.25) is 9.59 Å². The SMILES string of the molecule is CCCN(CCC)C(=O)CN(Cc1ccccc1OC)C(C)=O. The van der Waals surface area contributed by atoms with Gasteiger partial charge in [0.25, 0.3) is 0 Å². The Kier molecular flexibility index (Phi) is 8.16. The number of benzene rings is 1. The number of hydrogen-bond acceptors (Lipinski definition) is 3. The highest BCUT2D eigenvalue weighted by Crippen LogP contribution is 2.19. The number of nitrogens with zero attached hydrogens (tertiary/aromatic N) is 2. The van der Waals surface area contributed by atoms with Gasteiger partial charge in [0.15, 0.2) is 0 Å². The molecule has 0 aliphatic heterocycles. The molecule has 0 aliphatic rings. The van der Waals surface area contributed by atoms with E-state index in [1.54, 1.807) is 12.0 Å². The lowest BCUT2D eigenvalue weighted by Gasteiger charge is -2.27. The van der Waals surface area contributed by atoms with E-state index in [1.165, 1.54) is 6.92 Å². The molecular weight excluding hydrogens is 292 g/mol. The van der Waals surface area contributed by atoms with Crippen molar-refractivity contribution in [1.82, 2.24) is 9.80 Å². The molecule has 5 heteroatoms. The first kappa shape index (κ1) is 19.0. The second-order valence-corrected chi connectivity index (χ2v) is 5.57. The third-order valence-electron chi connectivity index (χ3n) is 3.66. The van der Waals surface area contributed by atoms with Crippen LogP contribution in [0.15, 0.2) is 24.3 Å². The molecule has 128 valence electrons. The van der Waals surface area contributed by atoms with Crippen LogP contribution in [0.4, 0.5) is 0 Å². The Balaban J connectivity index is 2.82. The molecule has 0 atom stereocenters. The zero-order chi connectivity index (χ0) is 17.2. The standard InChI is InChI=1S/C18H28N2O3/c1-5-11-19(12-6-2)18(22)14-20(15(3)21)13-16-9-7-8-10-17(16)23-4/h7-10H,5-6,11-14H2,1-4H3. The summed E-state index contributed by atoms with van der Waals surface area (Å²) < 4.78 is 5.32. The summed E-state index contributed by atoms with van der Waals surface area (Å²) >= 11 is 0. The molecule has 0 unspecified atom stereocenters. The van der Waals surface area contributed by atoms with Gasteiger partial charge in [-0.05, 0) is 18.9 Å². The maximum absolute atomic E-state index is 12.5. The first-order valence-corrected chi connectivity index (χ1v) is 8.18. The first-order chi connectivity index (χ1) is 11.0. The van der Waals surface area contributed by atoms with E-state index in [9.17, 15) is 9.59 Å². The van der Waals surface area contributed by atoms with Crippen molar-refractivity contribution in [2.75, 3.05) is 26.7 Å². The number of rotatable bonds is 9. The lowest BCUT2D eigenvalue weighted by atomic mass is 10.2. The number of amides is 2. The second kappa shape index (κ2) is 9.87. The normalized spacial score (nSPS) is 10.3. The number of ether oxygens (including phenoxy) is 1. The molecular formula is C18H28N2O3. The van der Waals surface area contributed by atoms with E-state index in [1.807, 2.05) is 43.0 Å². The van der Waals surface area contributed by atoms with Gasteiger partial charge in [0.05, 0.1) is 7.11 Å². The fourth-order valence-electron chi connectivity index (χ4n) is 2.48. The molecule has 0 aliphatic carbocycles. The first-order valence-electron chi connectivity index (χ1n) is 8.18. The Morgan fingerprint density at radius 1 is 1.04 bits per heavy atom. The van der Waals surface area contributed by atoms with Crippen LogP contribution in [0.5, 0.6) is 5.75 Å². The van der Waals surface area contributed by atoms with E-state index in [2.05, 4.69) is 0 Å². The number of hydrogen-bond donors (Lipinski definition) is 0. The van der Waals surface area contributed by atoms with Gasteiger partial charge < -0.3 is 14.5 Å². The zero-order valence-electron chi connectivity index (χ0n) is 14.7. The second-order valence-electron chi connectivity index (χ2n) is 5.57. The van der Waals surface area contributed by atoms with E-state index >= 15 is 0 Å². The van der Waals surface area contributed by atoms with E-state index in [0.29, 0.717) is 6.54 Å². The highest BCUT2D eigenvalue weighted by Gasteiger charge is 2.19. The molecule has 1 aromatic rings. The molecule has 5 nitrogen and oxygen atoms in total. The predicted octanol–water partition coefficient (Wildman–Crippen LogP) is 2.69. The van der Waals surface area contributed by atoms with Crippen molar-refractivity contribution in [2.24, 2.45) is 0 Å². The number of carbonyl (C=O) groups is 2. The van der Waals surface area contributed by atoms with Gasteiger partial charge in [-0.1, -0.05) is 32.0 Å². The smallest absolute Gasteiger partial charge is 0.242 e. The van der Waals surface area contributed by atoms with Crippen LogP contribution >= 0.6 is 0 Å². The summed E-state index contributed by atoms with van der Waals surface area (Å²) in [7, 11) is 1.60. The molecule has 0 saturated heterocycles. The fourth-order valence-corrected chi connectivity index (χ4v) is 2.48. The number of carbonyl (C=O) groups excluding carboxylic acids is 2. The summed E-state index contributed by atoms with van der Waals surface area (Å²) in [6.07, 6.45) is 1.83. The van der Waals surface area contributed by atoms with Gasteiger partial charge in [0.2, 0.25) is 11.8 Å². The molecule has 0 spiro atoms. The molecule has 0 radical (unpaired) electrons. The van der Waals surface area contributed by atoms with Gasteiger partial charge >= 0.3 is 0 Å². The summed E-state index contributed by atoms with van der Waals surface area (Å²) in [5.41, 5.74) is 0.899. The van der Waals surface area contributed by atoms with Crippen molar-refractivity contribution in [2.45, 2.75) is 40.2 Å². The highest BCUT2D eigenvalue weighted by atomic mass is 16.5. The molecule has 2 amide bonds. The summed E-state index contributed by atoms with van der Waals surface area (Å²) in [5, 5.41) is 0. The van der Waals surface area contributed by atoms with Gasteiger partial charge in [0.1, 0.15) is 12.3 Å². The number of methoxy groups -OCH3 is 1. The molecule has 0 saturated carbocycles. The van der Waals surface area contributed by atoms with Crippen LogP contribution in [-0.2, 0) is 16.1 Å². The van der Waals surface area contributed by atoms with Gasteiger partial charge in [-0.25, -0.2) is 0 Å². The lowest BCUT2D eigenvalue weighted by Crippen LogP contribution is -2.42. The Morgan fingerprint density at radius 3 is 2.17 bits per heavy atom. The quantitative estimate of drug-likeness (QED) is 0.703. The Morgan fingerprint density at radius 2 is 1.65 bits per heavy atom. The molecule has 1 aromatic carbocycles. The third kappa shape index (κ3) is 5.93. The lowest BCUT2D eigenvalue weighted by molar-refractivity contribution is -0.140. The van der Waals surface area contributed by atoms with E-state index in [4.69, 9.17) is 4.74 Å². The maximum Gasteiger partial charge on any atom is 0.242 e. The van der Waals surface area contributed by atoms with Crippen molar-refractivity contribution in [1.29, 1.82) is 0 Å². The highest BCUT2D eigenvalue weighted by molar-refractivity contribution is 5.83. The zero-order valence-corrected chi connectivity index (χ0v) is 14.7. The van der Waals surface area contributed by atoms with Crippen molar-refractivity contribution < 1.29 is 14.3 Å². The minimum absolute atomic E-state index is 0.00111. The van der Waals surface area contributed by atoms with Gasteiger partial charge in [-0.2, -0.15) is 0 Å². The van der Waals surface area contributed by atoms with Crippen LogP contribution in [-0.4, -0.2) is 48.4 Å². The van der Waals surface area contributed by atoms with E-state index in [0.717, 1.165) is 37.2 Å². The Bertz CT molecular complexity index is 511. The fraction of sp³-hybridized carbons (Fsp3) is 0.556. The van der Waals surface area contributed by atoms with Gasteiger partial charge in [0, 0.05) is 32.1 Å². The summed E-state index contributed by atoms with van der Waals surface area (Å²) in [5.74, 6) is 0.612. The Hall–Kier alpha value is -2.04. The summed E-state index contributed by atoms with van der Waals surface area (Å²) in [6, 6.07) is 7.55. The van der Waals surface area contributed by atoms with E-state index < -0.39 is 0 Å². The number of para-hydroxylation sites is 1. The molecule has 23 heavy (non-hydrogen) atoms. The van der Waals surface area contributed by atoms with Gasteiger partial charge in [-0.15, -0.1) is 0 Å². The van der Waals surface area contributed by atoms with Crippen LogP contribution in [0.25, 0.3) is 0 Å². The molecule has 0 N–H and O–H groups in total. The van der Waals surface area contributed by atoms with Crippen LogP contribution in [0.1, 0.15) is 39.2 Å². The average molecular weight is 320 g/mol. The topological polar surface area (TPSA) is 49.9 Å². The van der Waals surface area contributed by atoms with Crippen molar-refractivity contribution >= 4 is 11.8 Å². The Labute approximate surface area is 139 Å². The summed E-state index contributed by atoms with van der Waals surface area (Å²) in [4.78, 5) is 27.8. The van der Waals surface area contributed by atoms with Crippen molar-refractivity contribution in [3.63, 3.8) is 0 Å². The minimum Gasteiger partial charge on any atom is -0.496 e. The van der Waals surface area contributed by atoms with E-state index in [-0.39, 0.29) is 18.4 Å². The van der Waals surface area contributed by atoms with Crippen LogP contribution < -0.4 is 4.74 Å². The molecule has 1 rings (SSSR count). The monoisotopic (exact) mass is 320 g/mol. The maximum atomic E-state index is 12.5. The van der Waals surface area contributed by atoms with Crippen LogP contribution in [0.3, 0.4) is 0 Å². The molecule has 0 fully saturated rings. The van der Waals surface area contributed by atoms with Crippen LogP contribution in [0.2, 0.25) is 0 Å².